The molecule has 0 radical (unpaired) electrons. The summed E-state index contributed by atoms with van der Waals surface area (Å²) in [5.41, 5.74) is 5.15. The van der Waals surface area contributed by atoms with Crippen LogP contribution in [0.3, 0.4) is 0 Å². The number of hydrogen-bond acceptors (Lipinski definition) is 2. The molecule has 0 saturated carbocycles. The lowest BCUT2D eigenvalue weighted by Gasteiger charge is -2.16. The maximum atomic E-state index is 4.59. The standard InChI is InChI=1S/C17H25N3/c1-5-15-11-16(20(6-2)19-15)12-18-14(4)17-10-8-7-9-13(17)3/h7-11,14,18H,5-6,12H2,1-4H3. The highest BCUT2D eigenvalue weighted by molar-refractivity contribution is 5.28. The van der Waals surface area contributed by atoms with Crippen molar-refractivity contribution in [3.8, 4) is 0 Å². The van der Waals surface area contributed by atoms with Crippen LogP contribution in [0.15, 0.2) is 30.3 Å². The molecule has 1 aromatic heterocycles. The monoisotopic (exact) mass is 271 g/mol. The van der Waals surface area contributed by atoms with Gasteiger partial charge < -0.3 is 5.32 Å². The van der Waals surface area contributed by atoms with Crippen LogP contribution in [-0.2, 0) is 19.5 Å². The van der Waals surface area contributed by atoms with Gasteiger partial charge in [0.2, 0.25) is 0 Å². The van der Waals surface area contributed by atoms with Crippen molar-refractivity contribution in [3.05, 3.63) is 52.8 Å². The van der Waals surface area contributed by atoms with Gasteiger partial charge in [-0.05, 0) is 44.4 Å². The third-order valence-corrected chi connectivity index (χ3v) is 3.82. The molecule has 108 valence electrons. The fraction of sp³-hybridized carbons (Fsp3) is 0.471. The molecule has 3 heteroatoms. The van der Waals surface area contributed by atoms with Crippen LogP contribution in [0.25, 0.3) is 0 Å². The topological polar surface area (TPSA) is 29.9 Å². The second-order valence-electron chi connectivity index (χ2n) is 5.26. The van der Waals surface area contributed by atoms with Gasteiger partial charge in [-0.3, -0.25) is 4.68 Å². The normalized spacial score (nSPS) is 12.6. The molecule has 0 aliphatic heterocycles. The Morgan fingerprint density at radius 2 is 2.00 bits per heavy atom. The first-order chi connectivity index (χ1) is 9.65. The molecule has 1 N–H and O–H groups in total. The van der Waals surface area contributed by atoms with Crippen molar-refractivity contribution in [2.24, 2.45) is 0 Å². The Bertz CT molecular complexity index is 557. The smallest absolute Gasteiger partial charge is 0.0625 e. The predicted molar refractivity (Wildman–Crippen MR) is 83.7 cm³/mol. The molecule has 1 atom stereocenters. The van der Waals surface area contributed by atoms with E-state index in [0.717, 1.165) is 19.5 Å². The van der Waals surface area contributed by atoms with E-state index in [9.17, 15) is 0 Å². The number of aromatic nitrogens is 2. The van der Waals surface area contributed by atoms with Gasteiger partial charge in [0, 0.05) is 19.1 Å². The molecule has 1 unspecified atom stereocenters. The van der Waals surface area contributed by atoms with Gasteiger partial charge in [-0.15, -0.1) is 0 Å². The number of benzene rings is 1. The summed E-state index contributed by atoms with van der Waals surface area (Å²) >= 11 is 0. The zero-order valence-corrected chi connectivity index (χ0v) is 13.0. The van der Waals surface area contributed by atoms with Crippen molar-refractivity contribution >= 4 is 0 Å². The quantitative estimate of drug-likeness (QED) is 0.869. The molecule has 0 bridgehead atoms. The van der Waals surface area contributed by atoms with E-state index in [1.54, 1.807) is 0 Å². The Morgan fingerprint density at radius 1 is 1.25 bits per heavy atom. The van der Waals surface area contributed by atoms with Gasteiger partial charge in [0.25, 0.3) is 0 Å². The maximum Gasteiger partial charge on any atom is 0.0625 e. The predicted octanol–water partition coefficient (Wildman–Crippen LogP) is 3.62. The number of rotatable bonds is 6. The van der Waals surface area contributed by atoms with Gasteiger partial charge >= 0.3 is 0 Å². The van der Waals surface area contributed by atoms with Crippen molar-refractivity contribution in [1.82, 2.24) is 15.1 Å². The Labute approximate surface area is 122 Å². The minimum Gasteiger partial charge on any atom is -0.305 e. The van der Waals surface area contributed by atoms with Crippen molar-refractivity contribution in [1.29, 1.82) is 0 Å². The lowest BCUT2D eigenvalue weighted by molar-refractivity contribution is 0.529. The molecule has 2 rings (SSSR count). The summed E-state index contributed by atoms with van der Waals surface area (Å²) in [7, 11) is 0. The van der Waals surface area contributed by atoms with E-state index in [0.29, 0.717) is 6.04 Å². The van der Waals surface area contributed by atoms with Crippen LogP contribution in [0, 0.1) is 6.92 Å². The molecule has 0 aliphatic rings. The molecule has 0 spiro atoms. The van der Waals surface area contributed by atoms with Crippen LogP contribution in [0.4, 0.5) is 0 Å². The van der Waals surface area contributed by atoms with Crippen LogP contribution in [0.1, 0.15) is 49.3 Å². The van der Waals surface area contributed by atoms with Gasteiger partial charge in [0.1, 0.15) is 0 Å². The SMILES string of the molecule is CCc1cc(CNC(C)c2ccccc2C)n(CC)n1. The van der Waals surface area contributed by atoms with Crippen molar-refractivity contribution in [2.75, 3.05) is 0 Å². The first-order valence-corrected chi connectivity index (χ1v) is 7.50. The van der Waals surface area contributed by atoms with E-state index < -0.39 is 0 Å². The van der Waals surface area contributed by atoms with Crippen molar-refractivity contribution < 1.29 is 0 Å². The number of nitrogens with zero attached hydrogens (tertiary/aromatic N) is 2. The summed E-state index contributed by atoms with van der Waals surface area (Å²) < 4.78 is 2.09. The molecular formula is C17H25N3. The number of aryl methyl sites for hydroxylation is 3. The van der Waals surface area contributed by atoms with Gasteiger partial charge in [0.05, 0.1) is 11.4 Å². The second kappa shape index (κ2) is 6.71. The third kappa shape index (κ3) is 3.28. The summed E-state index contributed by atoms with van der Waals surface area (Å²) in [6.45, 7) is 10.5. The Balaban J connectivity index is 2.05. The largest absolute Gasteiger partial charge is 0.305 e. The number of nitrogens with one attached hydrogen (secondary N) is 1. The highest BCUT2D eigenvalue weighted by Crippen LogP contribution is 2.17. The number of hydrogen-bond donors (Lipinski definition) is 1. The summed E-state index contributed by atoms with van der Waals surface area (Å²) in [5.74, 6) is 0. The van der Waals surface area contributed by atoms with E-state index >= 15 is 0 Å². The molecule has 0 amide bonds. The first kappa shape index (κ1) is 14.8. The zero-order valence-electron chi connectivity index (χ0n) is 13.0. The molecule has 3 nitrogen and oxygen atoms in total. The summed E-state index contributed by atoms with van der Waals surface area (Å²) in [6.07, 6.45) is 0.993. The Kier molecular flexibility index (Phi) is 4.96. The molecular weight excluding hydrogens is 246 g/mol. The Hall–Kier alpha value is -1.61. The van der Waals surface area contributed by atoms with Crippen molar-refractivity contribution in [3.63, 3.8) is 0 Å². The molecule has 1 heterocycles. The zero-order chi connectivity index (χ0) is 14.5. The van der Waals surface area contributed by atoms with Crippen molar-refractivity contribution in [2.45, 2.75) is 53.2 Å². The van der Waals surface area contributed by atoms with E-state index in [2.05, 4.69) is 73.1 Å². The van der Waals surface area contributed by atoms with Gasteiger partial charge in [-0.1, -0.05) is 31.2 Å². The van der Waals surface area contributed by atoms with Crippen LogP contribution >= 0.6 is 0 Å². The molecule has 0 saturated heterocycles. The van der Waals surface area contributed by atoms with E-state index in [1.807, 2.05) is 0 Å². The van der Waals surface area contributed by atoms with E-state index in [1.165, 1.54) is 22.5 Å². The first-order valence-electron chi connectivity index (χ1n) is 7.50. The highest BCUT2D eigenvalue weighted by Gasteiger charge is 2.10. The van der Waals surface area contributed by atoms with Crippen LogP contribution in [0.2, 0.25) is 0 Å². The van der Waals surface area contributed by atoms with Crippen LogP contribution in [0.5, 0.6) is 0 Å². The van der Waals surface area contributed by atoms with Gasteiger partial charge in [-0.2, -0.15) is 5.10 Å². The Morgan fingerprint density at radius 3 is 2.65 bits per heavy atom. The molecule has 0 fully saturated rings. The van der Waals surface area contributed by atoms with Gasteiger partial charge in [0.15, 0.2) is 0 Å². The minimum absolute atomic E-state index is 0.349. The molecule has 2 aromatic rings. The average Bonchev–Trinajstić information content (AvgIpc) is 2.87. The molecule has 1 aromatic carbocycles. The lowest BCUT2D eigenvalue weighted by Crippen LogP contribution is -2.20. The highest BCUT2D eigenvalue weighted by atomic mass is 15.3. The van der Waals surface area contributed by atoms with Gasteiger partial charge in [-0.25, -0.2) is 0 Å². The summed E-state index contributed by atoms with van der Waals surface area (Å²) in [5, 5.41) is 8.20. The molecule has 0 aliphatic carbocycles. The summed E-state index contributed by atoms with van der Waals surface area (Å²) in [6, 6.07) is 11.1. The minimum atomic E-state index is 0.349. The van der Waals surface area contributed by atoms with Crippen LogP contribution in [-0.4, -0.2) is 9.78 Å². The second-order valence-corrected chi connectivity index (χ2v) is 5.26. The fourth-order valence-corrected chi connectivity index (χ4v) is 2.54. The molecule has 20 heavy (non-hydrogen) atoms. The van der Waals surface area contributed by atoms with E-state index in [-0.39, 0.29) is 0 Å². The lowest BCUT2D eigenvalue weighted by atomic mass is 10.0. The average molecular weight is 271 g/mol. The third-order valence-electron chi connectivity index (χ3n) is 3.82. The fourth-order valence-electron chi connectivity index (χ4n) is 2.54. The summed E-state index contributed by atoms with van der Waals surface area (Å²) in [4.78, 5) is 0. The van der Waals surface area contributed by atoms with E-state index in [4.69, 9.17) is 0 Å². The maximum absolute atomic E-state index is 4.59. The van der Waals surface area contributed by atoms with Crippen LogP contribution < -0.4 is 5.32 Å².